The average molecular weight is 236 g/mol. The summed E-state index contributed by atoms with van der Waals surface area (Å²) < 4.78 is 22.7. The molecule has 2 rings (SSSR count). The van der Waals surface area contributed by atoms with Gasteiger partial charge in [-0.25, -0.2) is 8.42 Å². The minimum Gasteiger partial charge on any atom is -0.260 e. The normalized spacial score (nSPS) is 24.8. The molecule has 1 aromatic rings. The van der Waals surface area contributed by atoms with Gasteiger partial charge in [0, 0.05) is 6.20 Å². The van der Waals surface area contributed by atoms with Crippen molar-refractivity contribution in [2.24, 2.45) is 5.92 Å². The van der Waals surface area contributed by atoms with Crippen molar-refractivity contribution < 1.29 is 8.42 Å². The first kappa shape index (κ1) is 11.1. The summed E-state index contributed by atoms with van der Waals surface area (Å²) in [5.41, 5.74) is 0.673. The molecule has 4 nitrogen and oxygen atoms in total. The number of aromatic nitrogens is 1. The molecule has 0 bridgehead atoms. The Balaban J connectivity index is 2.23. The Morgan fingerprint density at radius 3 is 2.81 bits per heavy atom. The van der Waals surface area contributed by atoms with E-state index in [1.807, 2.05) is 6.07 Å². The molecule has 1 fully saturated rings. The van der Waals surface area contributed by atoms with Gasteiger partial charge in [-0.15, -0.1) is 0 Å². The Morgan fingerprint density at radius 1 is 1.50 bits per heavy atom. The van der Waals surface area contributed by atoms with Crippen LogP contribution in [0.4, 0.5) is 0 Å². The van der Waals surface area contributed by atoms with Crippen molar-refractivity contribution in [3.63, 3.8) is 0 Å². The monoisotopic (exact) mass is 236 g/mol. The highest BCUT2D eigenvalue weighted by Gasteiger charge is 2.35. The molecule has 2 atom stereocenters. The zero-order valence-corrected chi connectivity index (χ0v) is 9.52. The second kappa shape index (κ2) is 4.22. The molecule has 0 spiro atoms. The van der Waals surface area contributed by atoms with E-state index in [1.54, 1.807) is 18.3 Å². The van der Waals surface area contributed by atoms with Crippen molar-refractivity contribution in [1.29, 1.82) is 5.26 Å². The maximum absolute atomic E-state index is 11.4. The highest BCUT2D eigenvalue weighted by molar-refractivity contribution is 7.91. The minimum atomic E-state index is -2.94. The molecule has 2 unspecified atom stereocenters. The Hall–Kier alpha value is -1.41. The second-order valence-electron chi connectivity index (χ2n) is 4.02. The summed E-state index contributed by atoms with van der Waals surface area (Å²) in [5.74, 6) is -0.201. The second-order valence-corrected chi connectivity index (χ2v) is 6.25. The minimum absolute atomic E-state index is 0.107. The smallest absolute Gasteiger partial charge is 0.150 e. The molecule has 84 valence electrons. The van der Waals surface area contributed by atoms with Gasteiger partial charge < -0.3 is 0 Å². The molecule has 0 aromatic carbocycles. The van der Waals surface area contributed by atoms with Crippen molar-refractivity contribution in [2.45, 2.75) is 12.3 Å². The van der Waals surface area contributed by atoms with Crippen LogP contribution in [0.25, 0.3) is 0 Å². The van der Waals surface area contributed by atoms with Crippen molar-refractivity contribution >= 4 is 9.84 Å². The van der Waals surface area contributed by atoms with Crippen molar-refractivity contribution in [3.05, 3.63) is 30.1 Å². The lowest BCUT2D eigenvalue weighted by Crippen LogP contribution is -2.14. The van der Waals surface area contributed by atoms with E-state index in [0.717, 1.165) is 0 Å². The molecule has 1 aliphatic rings. The average Bonchev–Trinajstić information content (AvgIpc) is 2.62. The van der Waals surface area contributed by atoms with Crippen molar-refractivity contribution in [1.82, 2.24) is 4.98 Å². The van der Waals surface area contributed by atoms with Crippen LogP contribution in [0.5, 0.6) is 0 Å². The largest absolute Gasteiger partial charge is 0.260 e. The van der Waals surface area contributed by atoms with Crippen LogP contribution in [0.1, 0.15) is 18.0 Å². The Labute approximate surface area is 94.9 Å². The summed E-state index contributed by atoms with van der Waals surface area (Å²) in [6.45, 7) is 0. The zero-order chi connectivity index (χ0) is 11.6. The lowest BCUT2D eigenvalue weighted by Gasteiger charge is -2.13. The lowest BCUT2D eigenvalue weighted by atomic mass is 9.90. The van der Waals surface area contributed by atoms with Gasteiger partial charge in [0.2, 0.25) is 0 Å². The summed E-state index contributed by atoms with van der Waals surface area (Å²) in [6, 6.07) is 7.54. The number of nitriles is 1. The number of rotatable bonds is 2. The van der Waals surface area contributed by atoms with Crippen LogP contribution in [0.2, 0.25) is 0 Å². The number of sulfone groups is 1. The third-order valence-electron chi connectivity index (χ3n) is 2.88. The highest BCUT2D eigenvalue weighted by Crippen LogP contribution is 2.31. The Kier molecular flexibility index (Phi) is 2.92. The van der Waals surface area contributed by atoms with Crippen LogP contribution in [0.3, 0.4) is 0 Å². The van der Waals surface area contributed by atoms with Crippen LogP contribution >= 0.6 is 0 Å². The first-order valence-corrected chi connectivity index (χ1v) is 6.95. The SMILES string of the molecule is N#CC(c1ccccn1)C1CCS(=O)(=O)C1. The van der Waals surface area contributed by atoms with Crippen LogP contribution in [0, 0.1) is 17.2 Å². The molecule has 5 heteroatoms. The molecule has 0 radical (unpaired) electrons. The fourth-order valence-corrected chi connectivity index (χ4v) is 3.90. The molecule has 1 saturated heterocycles. The van der Waals surface area contributed by atoms with E-state index in [2.05, 4.69) is 11.1 Å². The molecule has 0 saturated carbocycles. The predicted molar refractivity (Wildman–Crippen MR) is 59.4 cm³/mol. The van der Waals surface area contributed by atoms with Crippen LogP contribution < -0.4 is 0 Å². The Morgan fingerprint density at radius 2 is 2.31 bits per heavy atom. The fraction of sp³-hybridized carbons (Fsp3) is 0.455. The van der Waals surface area contributed by atoms with Crippen LogP contribution in [0.15, 0.2) is 24.4 Å². The zero-order valence-electron chi connectivity index (χ0n) is 8.70. The quantitative estimate of drug-likeness (QED) is 0.771. The molecule has 0 amide bonds. The molecule has 1 aromatic heterocycles. The number of pyridine rings is 1. The van der Waals surface area contributed by atoms with Crippen LogP contribution in [-0.4, -0.2) is 24.9 Å². The number of nitrogens with zero attached hydrogens (tertiary/aromatic N) is 2. The fourth-order valence-electron chi connectivity index (χ4n) is 2.06. The van der Waals surface area contributed by atoms with E-state index in [0.29, 0.717) is 12.1 Å². The first-order chi connectivity index (χ1) is 7.62. The summed E-state index contributed by atoms with van der Waals surface area (Å²) >= 11 is 0. The van der Waals surface area contributed by atoms with Gasteiger partial charge >= 0.3 is 0 Å². The first-order valence-electron chi connectivity index (χ1n) is 5.13. The molecular weight excluding hydrogens is 224 g/mol. The van der Waals surface area contributed by atoms with Gasteiger partial charge in [-0.05, 0) is 24.5 Å². The van der Waals surface area contributed by atoms with E-state index in [9.17, 15) is 8.42 Å². The third-order valence-corrected chi connectivity index (χ3v) is 4.68. The van der Waals surface area contributed by atoms with Gasteiger partial charge in [0.05, 0.1) is 29.2 Å². The van der Waals surface area contributed by atoms with Crippen molar-refractivity contribution in [2.75, 3.05) is 11.5 Å². The Bertz CT molecular complexity index is 505. The van der Waals surface area contributed by atoms with E-state index in [-0.39, 0.29) is 17.4 Å². The van der Waals surface area contributed by atoms with Gasteiger partial charge in [-0.3, -0.25) is 4.98 Å². The molecule has 1 aliphatic heterocycles. The summed E-state index contributed by atoms with van der Waals surface area (Å²) in [7, 11) is -2.94. The van der Waals surface area contributed by atoms with Gasteiger partial charge in [0.1, 0.15) is 0 Å². The predicted octanol–water partition coefficient (Wildman–Crippen LogP) is 1.12. The molecule has 0 aliphatic carbocycles. The third kappa shape index (κ3) is 2.22. The van der Waals surface area contributed by atoms with E-state index >= 15 is 0 Å². The summed E-state index contributed by atoms with van der Waals surface area (Å²) in [6.07, 6.45) is 2.19. The van der Waals surface area contributed by atoms with Gasteiger partial charge in [0.15, 0.2) is 9.84 Å². The van der Waals surface area contributed by atoms with Gasteiger partial charge in [-0.2, -0.15) is 5.26 Å². The van der Waals surface area contributed by atoms with E-state index in [4.69, 9.17) is 5.26 Å². The summed E-state index contributed by atoms with van der Waals surface area (Å²) in [5, 5.41) is 9.13. The lowest BCUT2D eigenvalue weighted by molar-refractivity contribution is 0.532. The van der Waals surface area contributed by atoms with Crippen molar-refractivity contribution in [3.8, 4) is 6.07 Å². The van der Waals surface area contributed by atoms with E-state index in [1.165, 1.54) is 0 Å². The maximum atomic E-state index is 11.4. The topological polar surface area (TPSA) is 70.8 Å². The van der Waals surface area contributed by atoms with E-state index < -0.39 is 15.8 Å². The number of hydrogen-bond donors (Lipinski definition) is 0. The summed E-state index contributed by atoms with van der Waals surface area (Å²) in [4.78, 5) is 4.12. The standard InChI is InChI=1S/C11H12N2O2S/c12-7-10(11-3-1-2-5-13-11)9-4-6-16(14,15)8-9/h1-3,5,9-10H,4,6,8H2. The molecule has 2 heterocycles. The highest BCUT2D eigenvalue weighted by atomic mass is 32.2. The van der Waals surface area contributed by atoms with Gasteiger partial charge in [-0.1, -0.05) is 6.07 Å². The van der Waals surface area contributed by atoms with Gasteiger partial charge in [0.25, 0.3) is 0 Å². The number of hydrogen-bond acceptors (Lipinski definition) is 4. The molecule has 16 heavy (non-hydrogen) atoms. The molecular formula is C11H12N2O2S. The molecule has 0 N–H and O–H groups in total. The van der Waals surface area contributed by atoms with Crippen LogP contribution in [-0.2, 0) is 9.84 Å². The maximum Gasteiger partial charge on any atom is 0.150 e.